The van der Waals surface area contributed by atoms with Gasteiger partial charge in [0.15, 0.2) is 25.2 Å². The van der Waals surface area contributed by atoms with Crippen LogP contribution in [0.4, 0.5) is 0 Å². The van der Waals surface area contributed by atoms with Crippen LogP contribution in [0.5, 0.6) is 0 Å². The van der Waals surface area contributed by atoms with Crippen molar-refractivity contribution >= 4 is 11.8 Å². The molecule has 4 fully saturated rings. The van der Waals surface area contributed by atoms with E-state index in [1.165, 1.54) is 173 Å². The molecule has 0 aromatic rings. The van der Waals surface area contributed by atoms with Gasteiger partial charge >= 0.3 is 0 Å². The summed E-state index contributed by atoms with van der Waals surface area (Å²) in [6, 6.07) is -2.53. The lowest BCUT2D eigenvalue weighted by Crippen LogP contribution is -2.69. The molecule has 4 heterocycles. The second kappa shape index (κ2) is 50.2. The molecule has 0 bridgehead atoms. The number of ether oxygens (including phenoxy) is 8. The van der Waals surface area contributed by atoms with Gasteiger partial charge in [0.1, 0.15) is 97.6 Å². The molecule has 558 valence electrons. The Kier molecular flexibility index (Phi) is 45.1. The lowest BCUT2D eigenvalue weighted by atomic mass is 9.95. The molecule has 1 unspecified atom stereocenters. The highest BCUT2D eigenvalue weighted by atomic mass is 16.8. The summed E-state index contributed by atoms with van der Waals surface area (Å²) >= 11 is 0. The van der Waals surface area contributed by atoms with Crippen LogP contribution in [0.3, 0.4) is 0 Å². The SMILES string of the molecule is CCCCCCCCCCCCCC=C[C@@H](O)[C@H](CO[C@@H]1O[C@H](CO)[C@@H](O[C@@H]2O[C@H](CO)[C@H](O[C@H]3O[C@H](CO)[C@H](O)[C@H](O[C@@H]4O[C@H](CO)[C@H](O)[C@H](O)[C@H]4NC(C)=O)[C@H]3O)[C@H](O)[C@H]2O)[C@H](O)C1O)NC(=O)CCCCCCCCCCCCCCCCCCCCCCCCC. The number of unbranched alkanes of at least 4 members (excludes halogenated alkanes) is 33. The highest BCUT2D eigenvalue weighted by Gasteiger charge is 2.56. The predicted octanol–water partition coefficient (Wildman–Crippen LogP) is 4.90. The largest absolute Gasteiger partial charge is 0.394 e. The van der Waals surface area contributed by atoms with Crippen molar-refractivity contribution in [2.24, 2.45) is 0 Å². The number of aliphatic hydroxyl groups is 13. The van der Waals surface area contributed by atoms with E-state index >= 15 is 0 Å². The summed E-state index contributed by atoms with van der Waals surface area (Å²) in [4.78, 5) is 25.5. The van der Waals surface area contributed by atoms with Crippen LogP contribution in [0, 0.1) is 0 Å². The van der Waals surface area contributed by atoms with Gasteiger partial charge < -0.3 is 115 Å². The Bertz CT molecular complexity index is 1970. The van der Waals surface area contributed by atoms with Crippen molar-refractivity contribution in [3.05, 3.63) is 12.2 Å². The number of rotatable bonds is 53. The van der Waals surface area contributed by atoms with Gasteiger partial charge in [-0.2, -0.15) is 0 Å². The van der Waals surface area contributed by atoms with Crippen molar-refractivity contribution in [3.63, 3.8) is 0 Å². The van der Waals surface area contributed by atoms with Crippen LogP contribution in [0.15, 0.2) is 12.2 Å². The molecular formula is C70H130N2O23. The molecule has 0 aromatic carbocycles. The summed E-state index contributed by atoms with van der Waals surface area (Å²) < 4.78 is 46.5. The van der Waals surface area contributed by atoms with Gasteiger partial charge in [0, 0.05) is 13.3 Å². The Morgan fingerprint density at radius 1 is 0.411 bits per heavy atom. The van der Waals surface area contributed by atoms with Crippen LogP contribution < -0.4 is 10.6 Å². The topological polar surface area (TPSA) is 395 Å². The van der Waals surface area contributed by atoms with Gasteiger partial charge in [-0.25, -0.2) is 0 Å². The Hall–Kier alpha value is -2.16. The minimum absolute atomic E-state index is 0.219. The van der Waals surface area contributed by atoms with E-state index in [2.05, 4.69) is 24.5 Å². The smallest absolute Gasteiger partial charge is 0.220 e. The Morgan fingerprint density at radius 3 is 1.20 bits per heavy atom. The molecule has 22 atom stereocenters. The summed E-state index contributed by atoms with van der Waals surface area (Å²) in [6.45, 7) is 1.65. The van der Waals surface area contributed by atoms with Gasteiger partial charge in [-0.15, -0.1) is 0 Å². The Balaban J connectivity index is 1.27. The predicted molar refractivity (Wildman–Crippen MR) is 354 cm³/mol. The molecule has 4 aliphatic rings. The number of carbonyl (C=O) groups is 2. The van der Waals surface area contributed by atoms with Crippen LogP contribution >= 0.6 is 0 Å². The first-order chi connectivity index (χ1) is 46.0. The molecular weight excluding hydrogens is 1240 g/mol. The standard InChI is InChI=1S/C70H130N2O23/c1-4-6-8-10-12-14-16-18-19-20-21-22-23-24-25-26-27-29-31-33-35-37-39-41-54(79)72-48(49(78)40-38-36-34-32-30-28-17-15-13-11-9-7-5-2)46-88-68-61(85)59(83)64(52(44-75)91-68)93-69-62(86)60(84)65(53(45-76)92-69)94-70-63(87)66(57(81)51(43-74)90-70)95-67-55(71-47(3)77)58(82)56(80)50(42-73)89-67/h38,40,48-53,55-70,73-76,78,80-87H,4-37,39,41-46H2,1-3H3,(H,71,77)(H,72,79)/t48-,49+,50+,51+,52+,53+,55+,56-,57-,58+,59+,60+,61?,62+,63+,64+,65-,66-,67-,68+,69-,70+/m0/s1. The number of hydrogen-bond acceptors (Lipinski definition) is 23. The van der Waals surface area contributed by atoms with Gasteiger partial charge in [0.05, 0.1) is 45.2 Å². The van der Waals surface area contributed by atoms with Crippen molar-refractivity contribution in [1.82, 2.24) is 10.6 Å². The normalized spacial score (nSPS) is 32.0. The third kappa shape index (κ3) is 30.9. The number of hydrogen-bond donors (Lipinski definition) is 15. The molecule has 2 amide bonds. The van der Waals surface area contributed by atoms with Gasteiger partial charge in [-0.05, 0) is 19.3 Å². The number of aliphatic hydroxyl groups excluding tert-OH is 13. The van der Waals surface area contributed by atoms with Crippen molar-refractivity contribution in [2.75, 3.05) is 33.0 Å². The lowest BCUT2D eigenvalue weighted by Gasteiger charge is -2.49. The highest BCUT2D eigenvalue weighted by molar-refractivity contribution is 5.76. The second-order valence-electron chi connectivity index (χ2n) is 27.1. The van der Waals surface area contributed by atoms with Gasteiger partial charge in [-0.3, -0.25) is 9.59 Å². The summed E-state index contributed by atoms with van der Waals surface area (Å²) in [5.41, 5.74) is 0. The van der Waals surface area contributed by atoms with Crippen molar-refractivity contribution < 1.29 is 114 Å². The van der Waals surface area contributed by atoms with E-state index in [1.807, 2.05) is 6.08 Å². The van der Waals surface area contributed by atoms with Crippen LogP contribution in [0.1, 0.15) is 252 Å². The van der Waals surface area contributed by atoms with Gasteiger partial charge in [-0.1, -0.05) is 231 Å². The van der Waals surface area contributed by atoms with E-state index in [-0.39, 0.29) is 12.3 Å². The maximum atomic E-state index is 13.5. The molecule has 0 saturated carbocycles. The molecule has 4 rings (SSSR count). The average Bonchev–Trinajstić information content (AvgIpc) is 0.784. The van der Waals surface area contributed by atoms with E-state index in [1.54, 1.807) is 6.08 Å². The third-order valence-corrected chi connectivity index (χ3v) is 19.1. The maximum absolute atomic E-state index is 13.5. The number of carbonyl (C=O) groups excluding carboxylic acids is 2. The van der Waals surface area contributed by atoms with Gasteiger partial charge in [0.25, 0.3) is 0 Å². The molecule has 25 heteroatoms. The number of allylic oxidation sites excluding steroid dienone is 1. The molecule has 25 nitrogen and oxygen atoms in total. The zero-order valence-corrected chi connectivity index (χ0v) is 57.7. The quantitative estimate of drug-likeness (QED) is 0.0284. The molecule has 15 N–H and O–H groups in total. The molecule has 95 heavy (non-hydrogen) atoms. The first-order valence-electron chi connectivity index (χ1n) is 36.9. The number of nitrogens with one attached hydrogen (secondary N) is 2. The first-order valence-corrected chi connectivity index (χ1v) is 36.9. The van der Waals surface area contributed by atoms with Gasteiger partial charge in [0.2, 0.25) is 11.8 Å². The monoisotopic (exact) mass is 1370 g/mol. The van der Waals surface area contributed by atoms with E-state index < -0.39 is 174 Å². The Labute approximate surface area is 566 Å². The highest BCUT2D eigenvalue weighted by Crippen LogP contribution is 2.35. The van der Waals surface area contributed by atoms with E-state index in [9.17, 15) is 76.0 Å². The van der Waals surface area contributed by atoms with Crippen molar-refractivity contribution in [2.45, 2.75) is 387 Å². The van der Waals surface area contributed by atoms with Crippen molar-refractivity contribution in [1.29, 1.82) is 0 Å². The molecule has 0 radical (unpaired) electrons. The van der Waals surface area contributed by atoms with E-state index in [0.29, 0.717) is 12.8 Å². The summed E-state index contributed by atoms with van der Waals surface area (Å²) in [6.07, 6.45) is 11.3. The zero-order chi connectivity index (χ0) is 69.3. The molecule has 4 aliphatic heterocycles. The third-order valence-electron chi connectivity index (χ3n) is 19.1. The maximum Gasteiger partial charge on any atom is 0.220 e. The number of amides is 2. The summed E-state index contributed by atoms with van der Waals surface area (Å²) in [7, 11) is 0. The van der Waals surface area contributed by atoms with Crippen LogP contribution in [-0.4, -0.2) is 246 Å². The minimum atomic E-state index is -2.10. The molecule has 0 aromatic heterocycles. The van der Waals surface area contributed by atoms with E-state index in [0.717, 1.165) is 45.4 Å². The zero-order valence-electron chi connectivity index (χ0n) is 57.7. The fraction of sp³-hybridized carbons (Fsp3) is 0.943. The molecule has 4 saturated heterocycles. The van der Waals surface area contributed by atoms with Crippen LogP contribution in [0.25, 0.3) is 0 Å². The minimum Gasteiger partial charge on any atom is -0.394 e. The first kappa shape index (κ1) is 85.3. The average molecular weight is 1370 g/mol. The lowest BCUT2D eigenvalue weighted by molar-refractivity contribution is -0.386. The van der Waals surface area contributed by atoms with Crippen molar-refractivity contribution in [3.8, 4) is 0 Å². The fourth-order valence-corrected chi connectivity index (χ4v) is 13.1. The fourth-order valence-electron chi connectivity index (χ4n) is 13.1. The molecule has 0 aliphatic carbocycles. The van der Waals surface area contributed by atoms with E-state index in [4.69, 9.17) is 37.9 Å². The second-order valence-corrected chi connectivity index (χ2v) is 27.1. The summed E-state index contributed by atoms with van der Waals surface area (Å²) in [5, 5.41) is 148. The molecule has 0 spiro atoms. The Morgan fingerprint density at radius 2 is 0.768 bits per heavy atom. The summed E-state index contributed by atoms with van der Waals surface area (Å²) in [5.74, 6) is -0.998. The van der Waals surface area contributed by atoms with Crippen LogP contribution in [0.2, 0.25) is 0 Å². The van der Waals surface area contributed by atoms with Crippen LogP contribution in [-0.2, 0) is 47.5 Å².